The summed E-state index contributed by atoms with van der Waals surface area (Å²) in [5, 5.41) is 2.65. The molecule has 40 heavy (non-hydrogen) atoms. The van der Waals surface area contributed by atoms with E-state index in [-0.39, 0.29) is 32.7 Å². The molecule has 0 amide bonds. The summed E-state index contributed by atoms with van der Waals surface area (Å²) < 4.78 is 73.6. The van der Waals surface area contributed by atoms with Gasteiger partial charge in [0, 0.05) is 30.4 Å². The zero-order chi connectivity index (χ0) is 28.3. The summed E-state index contributed by atoms with van der Waals surface area (Å²) in [6.45, 7) is 6.04. The van der Waals surface area contributed by atoms with Crippen molar-refractivity contribution in [3.05, 3.63) is 35.5 Å². The van der Waals surface area contributed by atoms with Crippen LogP contribution in [0.15, 0.2) is 29.3 Å². The Hall–Kier alpha value is -2.44. The summed E-state index contributed by atoms with van der Waals surface area (Å²) in [6.07, 6.45) is 1.24. The highest BCUT2D eigenvalue weighted by molar-refractivity contribution is 7.92. The maximum atomic E-state index is 13.8. The number of ether oxygens (including phenoxy) is 1. The lowest BCUT2D eigenvalue weighted by Crippen LogP contribution is -2.51. The van der Waals surface area contributed by atoms with Gasteiger partial charge in [0.15, 0.2) is 9.84 Å². The van der Waals surface area contributed by atoms with Gasteiger partial charge in [-0.25, -0.2) is 13.4 Å². The highest BCUT2D eigenvalue weighted by Crippen LogP contribution is 2.52. The summed E-state index contributed by atoms with van der Waals surface area (Å²) >= 11 is 0. The monoisotopic (exact) mass is 579 g/mol. The molecule has 0 unspecified atom stereocenters. The van der Waals surface area contributed by atoms with Crippen LogP contribution in [-0.2, 0) is 20.8 Å². The number of likely N-dealkylation sites (tertiary alicyclic amines) is 1. The highest BCUT2D eigenvalue weighted by Gasteiger charge is 2.51. The van der Waals surface area contributed by atoms with Gasteiger partial charge >= 0.3 is 6.18 Å². The van der Waals surface area contributed by atoms with E-state index in [9.17, 15) is 21.6 Å². The van der Waals surface area contributed by atoms with Crippen LogP contribution in [0.4, 0.5) is 30.6 Å². The molecule has 1 saturated carbocycles. The average molecular weight is 580 g/mol. The summed E-state index contributed by atoms with van der Waals surface area (Å²) in [4.78, 5) is 12.5. The van der Waals surface area contributed by atoms with Crippen LogP contribution in [0.3, 0.4) is 0 Å². The minimum atomic E-state index is -4.58. The number of hydrogen-bond acceptors (Lipinski definition) is 8. The molecule has 2 aromatic rings. The molecule has 1 aromatic heterocycles. The Kier molecular flexibility index (Phi) is 6.81. The first-order chi connectivity index (χ1) is 18.9. The summed E-state index contributed by atoms with van der Waals surface area (Å²) in [5.74, 6) is -0.0954. The number of aryl methyl sites for hydroxylation is 1. The molecule has 0 atom stereocenters. The van der Waals surface area contributed by atoms with Crippen molar-refractivity contribution in [1.29, 1.82) is 0 Å². The molecule has 1 aliphatic carbocycles. The molecule has 3 aliphatic heterocycles. The van der Waals surface area contributed by atoms with Gasteiger partial charge in [-0.1, -0.05) is 0 Å². The van der Waals surface area contributed by atoms with E-state index in [1.54, 1.807) is 30.0 Å². The lowest BCUT2D eigenvalue weighted by atomic mass is 9.63. The minimum Gasteiger partial charge on any atom is -0.380 e. The first kappa shape index (κ1) is 27.7. The van der Waals surface area contributed by atoms with Crippen LogP contribution in [0.1, 0.15) is 49.7 Å². The van der Waals surface area contributed by atoms with Crippen LogP contribution in [0, 0.1) is 17.8 Å². The number of sulfone groups is 1. The van der Waals surface area contributed by atoms with E-state index >= 15 is 0 Å². The fourth-order valence-corrected chi connectivity index (χ4v) is 8.77. The van der Waals surface area contributed by atoms with Crippen molar-refractivity contribution in [1.82, 2.24) is 14.9 Å². The molecule has 12 heteroatoms. The second-order valence-electron chi connectivity index (χ2n) is 12.4. The van der Waals surface area contributed by atoms with Crippen molar-refractivity contribution in [3.8, 4) is 0 Å². The second-order valence-corrected chi connectivity index (χ2v) is 14.6. The van der Waals surface area contributed by atoms with Crippen molar-refractivity contribution < 1.29 is 26.3 Å². The number of alkyl halides is 3. The van der Waals surface area contributed by atoms with Crippen LogP contribution >= 0.6 is 0 Å². The van der Waals surface area contributed by atoms with Gasteiger partial charge in [-0.05, 0) is 94.8 Å². The number of nitrogens with zero attached hydrogens (tertiary/aromatic N) is 4. The molecular formula is C28H36F3N5O3S. The maximum absolute atomic E-state index is 13.8. The number of aromatic nitrogens is 2. The Morgan fingerprint density at radius 1 is 1.02 bits per heavy atom. The lowest BCUT2D eigenvalue weighted by molar-refractivity contribution is -0.138. The van der Waals surface area contributed by atoms with E-state index in [0.717, 1.165) is 45.0 Å². The molecule has 4 aliphatic rings. The van der Waals surface area contributed by atoms with Gasteiger partial charge in [0.05, 0.1) is 23.4 Å². The Labute approximate surface area is 233 Å². The van der Waals surface area contributed by atoms with E-state index in [2.05, 4.69) is 27.2 Å². The summed E-state index contributed by atoms with van der Waals surface area (Å²) in [7, 11) is -1.37. The summed E-state index contributed by atoms with van der Waals surface area (Å²) in [5.41, 5.74) is 0.576. The van der Waals surface area contributed by atoms with Crippen molar-refractivity contribution in [2.75, 3.05) is 56.7 Å². The van der Waals surface area contributed by atoms with Crippen LogP contribution < -0.4 is 10.2 Å². The van der Waals surface area contributed by atoms with Crippen molar-refractivity contribution in [3.63, 3.8) is 0 Å². The molecule has 3 saturated heterocycles. The number of hydrogen-bond donors (Lipinski definition) is 1. The predicted octanol–water partition coefficient (Wildman–Crippen LogP) is 4.81. The van der Waals surface area contributed by atoms with Crippen LogP contribution in [0.2, 0.25) is 0 Å². The Bertz CT molecular complexity index is 1370. The molecule has 1 aromatic carbocycles. The fourth-order valence-electron chi connectivity index (χ4n) is 6.64. The third kappa shape index (κ3) is 5.07. The zero-order valence-corrected chi connectivity index (χ0v) is 23.7. The Morgan fingerprint density at radius 3 is 2.25 bits per heavy atom. The largest absolute Gasteiger partial charge is 0.421 e. The number of rotatable bonds is 5. The zero-order valence-electron chi connectivity index (χ0n) is 22.9. The molecule has 6 rings (SSSR count). The third-order valence-electron chi connectivity index (χ3n) is 9.59. The topological polar surface area (TPSA) is 87.7 Å². The molecule has 4 heterocycles. The molecule has 0 bridgehead atoms. The van der Waals surface area contributed by atoms with Crippen molar-refractivity contribution >= 4 is 27.3 Å². The fraction of sp³-hybridized carbons (Fsp3) is 0.643. The van der Waals surface area contributed by atoms with E-state index in [0.29, 0.717) is 50.4 Å². The molecule has 0 radical (unpaired) electrons. The Morgan fingerprint density at radius 2 is 1.68 bits per heavy atom. The van der Waals surface area contributed by atoms with Gasteiger partial charge in [0.2, 0.25) is 5.95 Å². The number of anilines is 3. The lowest BCUT2D eigenvalue weighted by Gasteiger charge is -2.51. The van der Waals surface area contributed by atoms with Gasteiger partial charge in [0.25, 0.3) is 0 Å². The molecule has 218 valence electrons. The third-order valence-corrected chi connectivity index (χ3v) is 11.7. The molecule has 2 spiro atoms. The number of nitrogens with one attached hydrogen (secondary N) is 1. The van der Waals surface area contributed by atoms with Crippen LogP contribution in [0.5, 0.6) is 0 Å². The smallest absolute Gasteiger partial charge is 0.380 e. The summed E-state index contributed by atoms with van der Waals surface area (Å²) in [6, 6.07) is 4.85. The standard InChI is InChI=1S/C28H36F3N5O3S/c1-19-13-20(40(37,38)21-14-26(15-21)5-9-35(2)10-6-26)3-4-23(19)33-25-32-16-22(28(29,30)31)24(34-25)36-11-7-27(8-12-36)17-39-18-27/h3-4,13,16,21H,5-12,14-15,17-18H2,1-2H3,(H,32,33,34). The van der Waals surface area contributed by atoms with Crippen LogP contribution in [0.25, 0.3) is 0 Å². The van der Waals surface area contributed by atoms with Gasteiger partial charge in [-0.3, -0.25) is 0 Å². The van der Waals surface area contributed by atoms with Gasteiger partial charge in [-0.2, -0.15) is 18.2 Å². The maximum Gasteiger partial charge on any atom is 0.421 e. The van der Waals surface area contributed by atoms with Gasteiger partial charge in [0.1, 0.15) is 11.4 Å². The average Bonchev–Trinajstić information content (AvgIpc) is 2.87. The molecule has 8 nitrogen and oxygen atoms in total. The van der Waals surface area contributed by atoms with Crippen LogP contribution in [-0.4, -0.2) is 75.0 Å². The first-order valence-electron chi connectivity index (χ1n) is 14.0. The van der Waals surface area contributed by atoms with E-state index in [1.165, 1.54) is 0 Å². The normalized spacial score (nSPS) is 23.2. The van der Waals surface area contributed by atoms with E-state index < -0.39 is 21.6 Å². The predicted molar refractivity (Wildman–Crippen MR) is 146 cm³/mol. The number of piperidine rings is 2. The second kappa shape index (κ2) is 9.84. The number of benzene rings is 1. The molecule has 1 N–H and O–H groups in total. The Balaban J connectivity index is 1.18. The van der Waals surface area contributed by atoms with E-state index in [1.807, 2.05) is 0 Å². The minimum absolute atomic E-state index is 0.0390. The van der Waals surface area contributed by atoms with Crippen molar-refractivity contribution in [2.45, 2.75) is 61.8 Å². The quantitative estimate of drug-likeness (QED) is 0.540. The molecule has 4 fully saturated rings. The molecular weight excluding hydrogens is 543 g/mol. The SMILES string of the molecule is Cc1cc(S(=O)(=O)C2CC3(CCN(C)CC3)C2)ccc1Nc1ncc(C(F)(F)F)c(N2CCC3(CC2)COC3)n1. The van der Waals surface area contributed by atoms with Gasteiger partial charge in [-0.15, -0.1) is 0 Å². The van der Waals surface area contributed by atoms with Crippen molar-refractivity contribution in [2.24, 2.45) is 10.8 Å². The highest BCUT2D eigenvalue weighted by atomic mass is 32.2. The van der Waals surface area contributed by atoms with Gasteiger partial charge < -0.3 is 19.9 Å². The van der Waals surface area contributed by atoms with E-state index in [4.69, 9.17) is 4.74 Å². The number of halogens is 3. The first-order valence-corrected chi connectivity index (χ1v) is 15.5.